The Labute approximate surface area is 121 Å². The van der Waals surface area contributed by atoms with Crippen LogP contribution >= 0.6 is 0 Å². The van der Waals surface area contributed by atoms with E-state index in [1.165, 1.54) is 23.3 Å². The summed E-state index contributed by atoms with van der Waals surface area (Å²) in [5.74, 6) is -1.55. The highest BCUT2D eigenvalue weighted by Gasteiger charge is 2.23. The molecule has 0 saturated carbocycles. The van der Waals surface area contributed by atoms with E-state index in [4.69, 9.17) is 9.52 Å². The molecule has 5 nitrogen and oxygen atoms in total. The predicted molar refractivity (Wildman–Crippen MR) is 75.4 cm³/mol. The zero-order valence-electron chi connectivity index (χ0n) is 11.4. The van der Waals surface area contributed by atoms with Gasteiger partial charge in [0.05, 0.1) is 0 Å². The molecule has 0 spiro atoms. The van der Waals surface area contributed by atoms with Crippen molar-refractivity contribution >= 4 is 11.9 Å². The number of amides is 1. The lowest BCUT2D eigenvalue weighted by Gasteiger charge is -2.18. The molecular formula is C16H15NO4. The van der Waals surface area contributed by atoms with Crippen molar-refractivity contribution in [2.45, 2.75) is 12.8 Å². The Kier molecular flexibility index (Phi) is 3.48. The molecule has 0 saturated heterocycles. The van der Waals surface area contributed by atoms with Gasteiger partial charge in [0.25, 0.3) is 5.91 Å². The van der Waals surface area contributed by atoms with Crippen molar-refractivity contribution in [1.29, 1.82) is 0 Å². The van der Waals surface area contributed by atoms with Gasteiger partial charge in [-0.3, -0.25) is 4.79 Å². The molecule has 0 aliphatic carbocycles. The summed E-state index contributed by atoms with van der Waals surface area (Å²) in [6.45, 7) is 1.22. The van der Waals surface area contributed by atoms with Gasteiger partial charge in [-0.1, -0.05) is 24.3 Å². The molecule has 0 atom stereocenters. The van der Waals surface area contributed by atoms with Crippen molar-refractivity contribution in [3.63, 3.8) is 0 Å². The number of hydrogen-bond acceptors (Lipinski definition) is 3. The van der Waals surface area contributed by atoms with Crippen LogP contribution in [0.15, 0.2) is 40.8 Å². The highest BCUT2D eigenvalue weighted by molar-refractivity contribution is 5.93. The summed E-state index contributed by atoms with van der Waals surface area (Å²) in [5.41, 5.74) is 2.52. The standard InChI is InChI=1S/C16H15NO4/c18-15(13-5-6-14(21-13)16(19)20)17-9-7-11-3-1-2-4-12(11)8-10-17/h1-6H,7-10H2,(H,19,20). The van der Waals surface area contributed by atoms with E-state index in [0.29, 0.717) is 13.1 Å². The van der Waals surface area contributed by atoms with Crippen molar-refractivity contribution in [3.8, 4) is 0 Å². The van der Waals surface area contributed by atoms with Gasteiger partial charge in [-0.2, -0.15) is 0 Å². The summed E-state index contributed by atoms with van der Waals surface area (Å²) >= 11 is 0. The second kappa shape index (κ2) is 5.44. The molecule has 0 unspecified atom stereocenters. The highest BCUT2D eigenvalue weighted by Crippen LogP contribution is 2.18. The van der Waals surface area contributed by atoms with E-state index in [1.807, 2.05) is 12.1 Å². The minimum absolute atomic E-state index is 0.0818. The van der Waals surface area contributed by atoms with E-state index in [9.17, 15) is 9.59 Å². The van der Waals surface area contributed by atoms with Gasteiger partial charge in [0, 0.05) is 13.1 Å². The van der Waals surface area contributed by atoms with Crippen LogP contribution in [0.3, 0.4) is 0 Å². The highest BCUT2D eigenvalue weighted by atomic mass is 16.4. The van der Waals surface area contributed by atoms with Gasteiger partial charge in [0.2, 0.25) is 5.76 Å². The molecule has 2 heterocycles. The zero-order valence-corrected chi connectivity index (χ0v) is 11.4. The number of benzene rings is 1. The van der Waals surface area contributed by atoms with Crippen molar-refractivity contribution in [1.82, 2.24) is 4.90 Å². The third-order valence-corrected chi connectivity index (χ3v) is 3.74. The summed E-state index contributed by atoms with van der Waals surface area (Å²) in [5, 5.41) is 8.83. The van der Waals surface area contributed by atoms with Crippen LogP contribution in [-0.2, 0) is 12.8 Å². The number of carbonyl (C=O) groups excluding carboxylic acids is 1. The van der Waals surface area contributed by atoms with Crippen molar-refractivity contribution in [3.05, 3.63) is 59.0 Å². The summed E-state index contributed by atoms with van der Waals surface area (Å²) in [6, 6.07) is 10.9. The maximum absolute atomic E-state index is 12.4. The Morgan fingerprint density at radius 2 is 1.52 bits per heavy atom. The maximum atomic E-state index is 12.4. The van der Waals surface area contributed by atoms with Gasteiger partial charge in [-0.25, -0.2) is 4.79 Å². The first kappa shape index (κ1) is 13.4. The van der Waals surface area contributed by atoms with Gasteiger partial charge in [0.15, 0.2) is 5.76 Å². The van der Waals surface area contributed by atoms with Gasteiger partial charge in [-0.05, 0) is 36.1 Å². The number of aromatic carboxylic acids is 1. The fourth-order valence-corrected chi connectivity index (χ4v) is 2.59. The summed E-state index contributed by atoms with van der Waals surface area (Å²) in [7, 11) is 0. The molecule has 108 valence electrons. The Morgan fingerprint density at radius 1 is 0.952 bits per heavy atom. The molecule has 1 aliphatic heterocycles. The van der Waals surface area contributed by atoms with Gasteiger partial charge < -0.3 is 14.4 Å². The molecule has 1 aliphatic rings. The minimum Gasteiger partial charge on any atom is -0.475 e. The summed E-state index contributed by atoms with van der Waals surface area (Å²) in [6.07, 6.45) is 1.60. The molecule has 0 radical (unpaired) electrons. The topological polar surface area (TPSA) is 70.8 Å². The number of carboxylic acids is 1. The average Bonchev–Trinajstić information content (AvgIpc) is 2.88. The van der Waals surface area contributed by atoms with Crippen LogP contribution in [0.2, 0.25) is 0 Å². The smallest absolute Gasteiger partial charge is 0.371 e. The average molecular weight is 285 g/mol. The molecular weight excluding hydrogens is 270 g/mol. The fraction of sp³-hybridized carbons (Fsp3) is 0.250. The third-order valence-electron chi connectivity index (χ3n) is 3.74. The van der Waals surface area contributed by atoms with Crippen LogP contribution < -0.4 is 0 Å². The quantitative estimate of drug-likeness (QED) is 0.918. The Hall–Kier alpha value is -2.56. The Bertz CT molecular complexity index is 662. The molecule has 0 fully saturated rings. The molecule has 3 rings (SSSR count). The largest absolute Gasteiger partial charge is 0.475 e. The van der Waals surface area contributed by atoms with Crippen molar-refractivity contribution in [2.75, 3.05) is 13.1 Å². The molecule has 1 aromatic carbocycles. The van der Waals surface area contributed by atoms with Crippen molar-refractivity contribution in [2.24, 2.45) is 0 Å². The second-order valence-corrected chi connectivity index (χ2v) is 5.03. The molecule has 21 heavy (non-hydrogen) atoms. The number of carboxylic acid groups (broad SMARTS) is 1. The molecule has 0 bridgehead atoms. The van der Waals surface area contributed by atoms with Gasteiger partial charge in [-0.15, -0.1) is 0 Å². The Morgan fingerprint density at radius 3 is 2.05 bits per heavy atom. The first-order valence-electron chi connectivity index (χ1n) is 6.84. The van der Waals surface area contributed by atoms with E-state index in [0.717, 1.165) is 12.8 Å². The molecule has 2 aromatic rings. The first-order chi connectivity index (χ1) is 10.1. The van der Waals surface area contributed by atoms with E-state index in [2.05, 4.69) is 12.1 Å². The predicted octanol–water partition coefficient (Wildman–Crippen LogP) is 2.22. The lowest BCUT2D eigenvalue weighted by Crippen LogP contribution is -2.33. The fourth-order valence-electron chi connectivity index (χ4n) is 2.59. The Balaban J connectivity index is 1.76. The molecule has 1 aromatic heterocycles. The van der Waals surface area contributed by atoms with Crippen LogP contribution in [0.25, 0.3) is 0 Å². The van der Waals surface area contributed by atoms with Gasteiger partial charge >= 0.3 is 5.97 Å². The van der Waals surface area contributed by atoms with Crippen LogP contribution in [0.5, 0.6) is 0 Å². The summed E-state index contributed by atoms with van der Waals surface area (Å²) < 4.78 is 5.09. The third kappa shape index (κ3) is 2.67. The van der Waals surface area contributed by atoms with Crippen LogP contribution in [0.1, 0.15) is 32.2 Å². The zero-order chi connectivity index (χ0) is 14.8. The maximum Gasteiger partial charge on any atom is 0.371 e. The normalized spacial score (nSPS) is 14.4. The second-order valence-electron chi connectivity index (χ2n) is 5.03. The lowest BCUT2D eigenvalue weighted by atomic mass is 10.0. The summed E-state index contributed by atoms with van der Waals surface area (Å²) in [4.78, 5) is 24.9. The molecule has 1 amide bonds. The van der Waals surface area contributed by atoms with Crippen LogP contribution in [0, 0.1) is 0 Å². The first-order valence-corrected chi connectivity index (χ1v) is 6.84. The SMILES string of the molecule is O=C(O)c1ccc(C(=O)N2CCc3ccccc3CC2)o1. The number of furan rings is 1. The number of carbonyl (C=O) groups is 2. The number of hydrogen-bond donors (Lipinski definition) is 1. The van der Waals surface area contributed by atoms with Gasteiger partial charge in [0.1, 0.15) is 0 Å². The number of rotatable bonds is 2. The monoisotopic (exact) mass is 285 g/mol. The van der Waals surface area contributed by atoms with E-state index < -0.39 is 5.97 Å². The lowest BCUT2D eigenvalue weighted by molar-refractivity contribution is 0.0650. The number of nitrogens with zero attached hydrogens (tertiary/aromatic N) is 1. The number of fused-ring (bicyclic) bond motifs is 1. The van der Waals surface area contributed by atoms with E-state index >= 15 is 0 Å². The van der Waals surface area contributed by atoms with Crippen molar-refractivity contribution < 1.29 is 19.1 Å². The minimum atomic E-state index is -1.17. The molecule has 1 N–H and O–H groups in total. The van der Waals surface area contributed by atoms with E-state index in [1.54, 1.807) is 4.90 Å². The molecule has 5 heteroatoms. The van der Waals surface area contributed by atoms with E-state index in [-0.39, 0.29) is 17.4 Å². The van der Waals surface area contributed by atoms with Crippen LogP contribution in [0.4, 0.5) is 0 Å². The van der Waals surface area contributed by atoms with Crippen LogP contribution in [-0.4, -0.2) is 35.0 Å².